The molecule has 17 heavy (non-hydrogen) atoms. The molecule has 0 N–H and O–H groups in total. The molecule has 0 heterocycles. The molecule has 0 aliphatic heterocycles. The van der Waals surface area contributed by atoms with E-state index in [1.165, 1.54) is 0 Å². The Labute approximate surface area is 102 Å². The van der Waals surface area contributed by atoms with Crippen molar-refractivity contribution in [3.8, 4) is 17.6 Å². The first-order chi connectivity index (χ1) is 8.27. The van der Waals surface area contributed by atoms with Crippen LogP contribution in [0.5, 0.6) is 5.75 Å². The van der Waals surface area contributed by atoms with Crippen molar-refractivity contribution in [2.75, 3.05) is 19.7 Å². The van der Waals surface area contributed by atoms with E-state index in [0.717, 1.165) is 5.75 Å². The second-order valence-electron chi connectivity index (χ2n) is 3.38. The number of para-hydroxylation sites is 1. The van der Waals surface area contributed by atoms with Gasteiger partial charge in [-0.1, -0.05) is 24.1 Å². The van der Waals surface area contributed by atoms with Crippen molar-refractivity contribution in [2.24, 2.45) is 0 Å². The molecule has 3 heteroatoms. The van der Waals surface area contributed by atoms with Crippen LogP contribution in [0, 0.1) is 11.8 Å². The highest BCUT2D eigenvalue weighted by atomic mass is 16.5. The normalized spacial score (nSPS) is 9.06. The second kappa shape index (κ2) is 7.34. The van der Waals surface area contributed by atoms with Gasteiger partial charge in [0.25, 0.3) is 5.91 Å². The van der Waals surface area contributed by atoms with Crippen LogP contribution in [0.2, 0.25) is 0 Å². The number of nitrogens with zero attached hydrogens (tertiary/aromatic N) is 1. The van der Waals surface area contributed by atoms with Crippen molar-refractivity contribution >= 4 is 5.91 Å². The van der Waals surface area contributed by atoms with E-state index in [0.29, 0.717) is 13.1 Å². The van der Waals surface area contributed by atoms with Gasteiger partial charge in [-0.3, -0.25) is 4.79 Å². The van der Waals surface area contributed by atoms with Crippen LogP contribution >= 0.6 is 0 Å². The van der Waals surface area contributed by atoms with Gasteiger partial charge in [-0.25, -0.2) is 0 Å². The first kappa shape index (κ1) is 13.1. The maximum atomic E-state index is 11.5. The van der Waals surface area contributed by atoms with Gasteiger partial charge < -0.3 is 9.64 Å². The smallest absolute Gasteiger partial charge is 0.298 e. The minimum Gasteiger partial charge on any atom is -0.481 e. The monoisotopic (exact) mass is 231 g/mol. The predicted molar refractivity (Wildman–Crippen MR) is 67.6 cm³/mol. The van der Waals surface area contributed by atoms with E-state index in [2.05, 4.69) is 11.8 Å². The number of rotatable bonds is 4. The Balaban J connectivity index is 2.39. The summed E-state index contributed by atoms with van der Waals surface area (Å²) in [7, 11) is 0. The number of amides is 1. The van der Waals surface area contributed by atoms with Crippen LogP contribution in [0.15, 0.2) is 30.3 Å². The van der Waals surface area contributed by atoms with Crippen LogP contribution < -0.4 is 4.74 Å². The lowest BCUT2D eigenvalue weighted by Crippen LogP contribution is -2.29. The minimum absolute atomic E-state index is 0.147. The van der Waals surface area contributed by atoms with E-state index < -0.39 is 0 Å². The van der Waals surface area contributed by atoms with E-state index in [1.54, 1.807) is 4.90 Å². The van der Waals surface area contributed by atoms with Crippen molar-refractivity contribution in [2.45, 2.75) is 13.8 Å². The predicted octanol–water partition coefficient (Wildman–Crippen LogP) is 1.94. The average Bonchev–Trinajstić information content (AvgIpc) is 2.37. The quantitative estimate of drug-likeness (QED) is 0.741. The summed E-state index contributed by atoms with van der Waals surface area (Å²) >= 11 is 0. The van der Waals surface area contributed by atoms with Crippen molar-refractivity contribution in [3.63, 3.8) is 0 Å². The number of carbonyl (C=O) groups is 1. The molecular formula is C14H17NO2. The lowest BCUT2D eigenvalue weighted by Gasteiger charge is -2.14. The van der Waals surface area contributed by atoms with Gasteiger partial charge in [0.05, 0.1) is 0 Å². The molecule has 0 spiro atoms. The number of benzene rings is 1. The molecule has 0 saturated heterocycles. The van der Waals surface area contributed by atoms with Gasteiger partial charge in [0, 0.05) is 13.1 Å². The Morgan fingerprint density at radius 1 is 1.24 bits per heavy atom. The fourth-order valence-electron chi connectivity index (χ4n) is 1.34. The summed E-state index contributed by atoms with van der Waals surface area (Å²) in [6.07, 6.45) is 0. The molecule has 0 bridgehead atoms. The second-order valence-corrected chi connectivity index (χ2v) is 3.38. The Kier molecular flexibility index (Phi) is 5.67. The van der Waals surface area contributed by atoms with Gasteiger partial charge in [0.15, 0.2) is 0 Å². The molecule has 0 aromatic heterocycles. The molecule has 0 fully saturated rings. The van der Waals surface area contributed by atoms with Crippen molar-refractivity contribution < 1.29 is 9.53 Å². The highest BCUT2D eigenvalue weighted by Crippen LogP contribution is 2.07. The summed E-state index contributed by atoms with van der Waals surface area (Å²) in [5.74, 6) is 5.90. The summed E-state index contributed by atoms with van der Waals surface area (Å²) in [4.78, 5) is 13.2. The highest BCUT2D eigenvalue weighted by molar-refractivity contribution is 5.93. The molecule has 1 amide bonds. The van der Waals surface area contributed by atoms with E-state index >= 15 is 0 Å². The lowest BCUT2D eigenvalue weighted by atomic mass is 10.3. The molecule has 90 valence electrons. The molecule has 0 unspecified atom stereocenters. The van der Waals surface area contributed by atoms with Gasteiger partial charge >= 0.3 is 0 Å². The van der Waals surface area contributed by atoms with E-state index in [1.807, 2.05) is 44.2 Å². The summed E-state index contributed by atoms with van der Waals surface area (Å²) in [5, 5.41) is 0. The number of hydrogen-bond acceptors (Lipinski definition) is 2. The Morgan fingerprint density at radius 2 is 1.88 bits per heavy atom. The summed E-state index contributed by atoms with van der Waals surface area (Å²) in [5.41, 5.74) is 0. The summed E-state index contributed by atoms with van der Waals surface area (Å²) in [6, 6.07) is 9.41. The minimum atomic E-state index is -0.147. The Morgan fingerprint density at radius 3 is 2.47 bits per heavy atom. The van der Waals surface area contributed by atoms with Gasteiger partial charge in [-0.15, -0.1) is 0 Å². The SMILES string of the molecule is CCN(CC)C(=O)C#CCOc1ccccc1. The zero-order valence-corrected chi connectivity index (χ0v) is 10.3. The summed E-state index contributed by atoms with van der Waals surface area (Å²) < 4.78 is 5.36. The Hall–Kier alpha value is -1.95. The lowest BCUT2D eigenvalue weighted by molar-refractivity contribution is -0.124. The molecular weight excluding hydrogens is 214 g/mol. The molecule has 0 saturated carbocycles. The maximum absolute atomic E-state index is 11.5. The number of ether oxygens (including phenoxy) is 1. The molecule has 1 aromatic rings. The van der Waals surface area contributed by atoms with Crippen LogP contribution in [0.25, 0.3) is 0 Å². The topological polar surface area (TPSA) is 29.5 Å². The Bertz CT molecular complexity index is 399. The van der Waals surface area contributed by atoms with Crippen molar-refractivity contribution in [3.05, 3.63) is 30.3 Å². The van der Waals surface area contributed by atoms with Gasteiger partial charge in [-0.05, 0) is 31.9 Å². The van der Waals surface area contributed by atoms with E-state index in [-0.39, 0.29) is 12.5 Å². The maximum Gasteiger partial charge on any atom is 0.298 e. The van der Waals surface area contributed by atoms with Crippen molar-refractivity contribution in [1.82, 2.24) is 4.90 Å². The van der Waals surface area contributed by atoms with E-state index in [9.17, 15) is 4.79 Å². The first-order valence-corrected chi connectivity index (χ1v) is 5.73. The number of carbonyl (C=O) groups excluding carboxylic acids is 1. The third kappa shape index (κ3) is 4.60. The molecule has 0 aliphatic rings. The van der Waals surface area contributed by atoms with E-state index in [4.69, 9.17) is 4.74 Å². The van der Waals surface area contributed by atoms with Gasteiger partial charge in [-0.2, -0.15) is 0 Å². The third-order valence-corrected chi connectivity index (χ3v) is 2.30. The van der Waals surface area contributed by atoms with Crippen molar-refractivity contribution in [1.29, 1.82) is 0 Å². The number of hydrogen-bond donors (Lipinski definition) is 0. The fourth-order valence-corrected chi connectivity index (χ4v) is 1.34. The molecule has 3 nitrogen and oxygen atoms in total. The largest absolute Gasteiger partial charge is 0.481 e. The van der Waals surface area contributed by atoms with Crippen LogP contribution in [-0.4, -0.2) is 30.5 Å². The van der Waals surface area contributed by atoms with Gasteiger partial charge in [0.2, 0.25) is 0 Å². The van der Waals surface area contributed by atoms with Crippen LogP contribution in [-0.2, 0) is 4.79 Å². The molecule has 1 aromatic carbocycles. The zero-order chi connectivity index (χ0) is 12.5. The van der Waals surface area contributed by atoms with Crippen LogP contribution in [0.1, 0.15) is 13.8 Å². The summed E-state index contributed by atoms with van der Waals surface area (Å²) in [6.45, 7) is 5.47. The van der Waals surface area contributed by atoms with Gasteiger partial charge in [0.1, 0.15) is 12.4 Å². The third-order valence-electron chi connectivity index (χ3n) is 2.30. The zero-order valence-electron chi connectivity index (χ0n) is 10.3. The molecule has 0 radical (unpaired) electrons. The molecule has 1 rings (SSSR count). The van der Waals surface area contributed by atoms with Crippen LogP contribution in [0.3, 0.4) is 0 Å². The van der Waals surface area contributed by atoms with Crippen LogP contribution in [0.4, 0.5) is 0 Å². The molecule has 0 atom stereocenters. The molecule has 0 aliphatic carbocycles. The highest BCUT2D eigenvalue weighted by Gasteiger charge is 2.04. The average molecular weight is 231 g/mol. The standard InChI is InChI=1S/C14H17NO2/c1-3-15(4-2)14(16)11-8-12-17-13-9-6-5-7-10-13/h5-7,9-10H,3-4,12H2,1-2H3. The fraction of sp³-hybridized carbons (Fsp3) is 0.357. The first-order valence-electron chi connectivity index (χ1n) is 5.73.